The second-order valence-corrected chi connectivity index (χ2v) is 7.75. The first kappa shape index (κ1) is 19.7. The number of rotatable bonds is 4. The van der Waals surface area contributed by atoms with Gasteiger partial charge in [-0.05, 0) is 54.4 Å². The lowest BCUT2D eigenvalue weighted by Gasteiger charge is -2.28. The molecule has 0 aromatic heterocycles. The lowest BCUT2D eigenvalue weighted by Crippen LogP contribution is -2.47. The summed E-state index contributed by atoms with van der Waals surface area (Å²) < 4.78 is 0. The fraction of sp³-hybridized carbons (Fsp3) is 0.211. The van der Waals surface area contributed by atoms with Crippen LogP contribution in [0.5, 0.6) is 0 Å². The lowest BCUT2D eigenvalue weighted by atomic mass is 9.91. The van der Waals surface area contributed by atoms with Crippen LogP contribution in [0.25, 0.3) is 0 Å². The molecule has 0 aliphatic carbocycles. The summed E-state index contributed by atoms with van der Waals surface area (Å²) in [6.45, 7) is 1.69. The molecule has 1 fully saturated rings. The number of imide groups is 1. The third-order valence-electron chi connectivity index (χ3n) is 4.72. The normalized spacial score (nSPS) is 19.7. The Morgan fingerprint density at radius 2 is 1.59 bits per heavy atom. The summed E-state index contributed by atoms with van der Waals surface area (Å²) in [5, 5.41) is 0.104. The highest BCUT2D eigenvalue weighted by atomic mass is 35.5. The second-order valence-electron chi connectivity index (χ2n) is 6.53. The topological polar surface area (TPSA) is 57.7 Å². The van der Waals surface area contributed by atoms with E-state index in [1.807, 2.05) is 0 Å². The van der Waals surface area contributed by atoms with E-state index in [1.54, 1.807) is 38.2 Å². The maximum absolute atomic E-state index is 13.2. The van der Waals surface area contributed by atoms with Crippen LogP contribution in [0.15, 0.2) is 42.5 Å². The molecule has 0 saturated carbocycles. The van der Waals surface area contributed by atoms with Crippen molar-refractivity contribution in [2.45, 2.75) is 18.9 Å². The minimum Gasteiger partial charge on any atom is -0.312 e. The van der Waals surface area contributed by atoms with E-state index in [0.717, 1.165) is 10.5 Å². The number of urea groups is 1. The quantitative estimate of drug-likeness (QED) is 0.523. The Kier molecular flexibility index (Phi) is 5.21. The highest BCUT2D eigenvalue weighted by molar-refractivity contribution is 6.67. The van der Waals surface area contributed by atoms with Crippen molar-refractivity contribution < 1.29 is 14.4 Å². The van der Waals surface area contributed by atoms with E-state index in [0.29, 0.717) is 21.3 Å². The molecule has 2 aromatic carbocycles. The minimum atomic E-state index is -1.10. The van der Waals surface area contributed by atoms with E-state index in [9.17, 15) is 14.4 Å². The van der Waals surface area contributed by atoms with Crippen molar-refractivity contribution >= 4 is 57.7 Å². The van der Waals surface area contributed by atoms with E-state index in [-0.39, 0.29) is 12.3 Å². The van der Waals surface area contributed by atoms with Crippen LogP contribution >= 0.6 is 34.8 Å². The molecule has 0 spiro atoms. The molecule has 1 unspecified atom stereocenters. The molecule has 1 atom stereocenters. The number of likely N-dealkylation sites (N-methyl/N-ethyl adjacent to an activating group) is 1. The molecule has 1 saturated heterocycles. The van der Waals surface area contributed by atoms with E-state index < -0.39 is 16.8 Å². The Bertz CT molecular complexity index is 925. The summed E-state index contributed by atoms with van der Waals surface area (Å²) in [5.41, 5.74) is 0.375. The molecule has 1 aliphatic rings. The van der Waals surface area contributed by atoms with Crippen LogP contribution in [0, 0.1) is 0 Å². The van der Waals surface area contributed by atoms with Gasteiger partial charge in [-0.3, -0.25) is 9.59 Å². The Morgan fingerprint density at radius 1 is 1.04 bits per heavy atom. The lowest BCUT2D eigenvalue weighted by molar-refractivity contribution is -0.123. The molecule has 3 amide bonds. The van der Waals surface area contributed by atoms with Gasteiger partial charge in [0.25, 0.3) is 11.1 Å². The molecule has 27 heavy (non-hydrogen) atoms. The van der Waals surface area contributed by atoms with Crippen molar-refractivity contribution in [3.05, 3.63) is 63.6 Å². The third kappa shape index (κ3) is 3.55. The molecule has 2 aromatic rings. The van der Waals surface area contributed by atoms with Gasteiger partial charge in [0.15, 0.2) is 0 Å². The molecule has 1 aliphatic heterocycles. The SMILES string of the molecule is CN1C(=O)N(c2cc(Cl)cc(Cl)c2)C(=O)C1(C)Cc1ccc(C(=O)Cl)cc1. The van der Waals surface area contributed by atoms with Gasteiger partial charge < -0.3 is 4.90 Å². The van der Waals surface area contributed by atoms with Gasteiger partial charge in [0.1, 0.15) is 5.54 Å². The van der Waals surface area contributed by atoms with Crippen LogP contribution in [-0.4, -0.2) is 34.7 Å². The molecule has 5 nitrogen and oxygen atoms in total. The molecule has 0 bridgehead atoms. The van der Waals surface area contributed by atoms with E-state index in [4.69, 9.17) is 34.8 Å². The maximum atomic E-state index is 13.2. The number of halogens is 3. The van der Waals surface area contributed by atoms with Gasteiger partial charge in [0.05, 0.1) is 5.69 Å². The van der Waals surface area contributed by atoms with Gasteiger partial charge in [-0.15, -0.1) is 0 Å². The predicted molar refractivity (Wildman–Crippen MR) is 106 cm³/mol. The number of benzene rings is 2. The largest absolute Gasteiger partial charge is 0.332 e. The summed E-state index contributed by atoms with van der Waals surface area (Å²) in [6, 6.07) is 10.7. The first-order valence-corrected chi connectivity index (χ1v) is 9.14. The minimum absolute atomic E-state index is 0.273. The van der Waals surface area contributed by atoms with Crippen LogP contribution in [0.2, 0.25) is 10.0 Å². The zero-order valence-electron chi connectivity index (χ0n) is 14.5. The van der Waals surface area contributed by atoms with Crippen molar-refractivity contribution in [1.29, 1.82) is 0 Å². The van der Waals surface area contributed by atoms with E-state index >= 15 is 0 Å². The summed E-state index contributed by atoms with van der Waals surface area (Å²) in [5.74, 6) is -0.383. The van der Waals surface area contributed by atoms with Crippen molar-refractivity contribution in [1.82, 2.24) is 4.90 Å². The Balaban J connectivity index is 1.94. The molecule has 0 radical (unpaired) electrons. The number of hydrogen-bond acceptors (Lipinski definition) is 3. The van der Waals surface area contributed by atoms with Crippen LogP contribution in [-0.2, 0) is 11.2 Å². The number of anilines is 1. The molecular weight excluding hydrogens is 411 g/mol. The predicted octanol–water partition coefficient (Wildman–Crippen LogP) is 4.77. The molecular formula is C19H15Cl3N2O3. The zero-order valence-corrected chi connectivity index (χ0v) is 16.8. The average Bonchev–Trinajstić information content (AvgIpc) is 2.75. The van der Waals surface area contributed by atoms with Gasteiger partial charge in [0, 0.05) is 29.1 Å². The van der Waals surface area contributed by atoms with Crippen molar-refractivity contribution in [3.63, 3.8) is 0 Å². The van der Waals surface area contributed by atoms with Gasteiger partial charge in [0.2, 0.25) is 0 Å². The van der Waals surface area contributed by atoms with Gasteiger partial charge in [-0.1, -0.05) is 35.3 Å². The van der Waals surface area contributed by atoms with Crippen LogP contribution in [0.1, 0.15) is 22.8 Å². The average molecular weight is 426 g/mol. The van der Waals surface area contributed by atoms with E-state index in [1.165, 1.54) is 23.1 Å². The van der Waals surface area contributed by atoms with Crippen LogP contribution < -0.4 is 4.90 Å². The Hall–Kier alpha value is -2.08. The highest BCUT2D eigenvalue weighted by Gasteiger charge is 2.53. The van der Waals surface area contributed by atoms with Crippen molar-refractivity contribution in [2.24, 2.45) is 0 Å². The summed E-state index contributed by atoms with van der Waals surface area (Å²) in [7, 11) is 1.57. The standard InChI is InChI=1S/C19H15Cl3N2O3/c1-19(10-11-3-5-12(6-4-11)16(22)25)17(26)24(18(27)23(19)2)15-8-13(20)7-14(21)9-15/h3-9H,10H2,1-2H3. The molecule has 140 valence electrons. The number of amides is 3. The van der Waals surface area contributed by atoms with Crippen molar-refractivity contribution in [2.75, 3.05) is 11.9 Å². The maximum Gasteiger partial charge on any atom is 0.332 e. The summed E-state index contributed by atoms with van der Waals surface area (Å²) in [4.78, 5) is 39.6. The third-order valence-corrected chi connectivity index (χ3v) is 5.37. The van der Waals surface area contributed by atoms with Crippen molar-refractivity contribution in [3.8, 4) is 0 Å². The van der Waals surface area contributed by atoms with E-state index in [2.05, 4.69) is 0 Å². The second kappa shape index (κ2) is 7.15. The first-order valence-electron chi connectivity index (χ1n) is 8.01. The number of nitrogens with zero attached hydrogens (tertiary/aromatic N) is 2. The van der Waals surface area contributed by atoms with Crippen LogP contribution in [0.4, 0.5) is 10.5 Å². The van der Waals surface area contributed by atoms with Gasteiger partial charge >= 0.3 is 6.03 Å². The molecule has 8 heteroatoms. The summed E-state index contributed by atoms with van der Waals surface area (Å²) >= 11 is 17.5. The Morgan fingerprint density at radius 3 is 2.11 bits per heavy atom. The smallest absolute Gasteiger partial charge is 0.312 e. The van der Waals surface area contributed by atoms with Gasteiger partial charge in [-0.2, -0.15) is 0 Å². The van der Waals surface area contributed by atoms with Crippen LogP contribution in [0.3, 0.4) is 0 Å². The Labute approximate surface area is 171 Å². The number of carbonyl (C=O) groups is 3. The summed E-state index contributed by atoms with van der Waals surface area (Å²) in [6.07, 6.45) is 0.273. The monoisotopic (exact) mass is 424 g/mol. The van der Waals surface area contributed by atoms with Gasteiger partial charge in [-0.25, -0.2) is 9.69 Å². The first-order chi connectivity index (χ1) is 12.6. The fourth-order valence-electron chi connectivity index (χ4n) is 3.07. The number of hydrogen-bond donors (Lipinski definition) is 0. The zero-order chi connectivity index (χ0) is 19.9. The highest BCUT2D eigenvalue weighted by Crippen LogP contribution is 2.35. The number of carbonyl (C=O) groups excluding carboxylic acids is 3. The molecule has 0 N–H and O–H groups in total. The molecule has 3 rings (SSSR count). The fourth-order valence-corrected chi connectivity index (χ4v) is 3.71. The molecule has 1 heterocycles.